The zero-order valence-corrected chi connectivity index (χ0v) is 13.6. The fourth-order valence-corrected chi connectivity index (χ4v) is 5.53. The predicted octanol–water partition coefficient (Wildman–Crippen LogP) is 3.34. The molecule has 0 unspecified atom stereocenters. The minimum Gasteiger partial charge on any atom is -0.307 e. The van der Waals surface area contributed by atoms with Crippen molar-refractivity contribution in [2.45, 2.75) is 39.3 Å². The number of hydrogen-bond acceptors (Lipinski definition) is 5. The number of thioether (sulfide) groups is 2. The molecule has 1 N–H and O–H groups in total. The van der Waals surface area contributed by atoms with Gasteiger partial charge in [0.05, 0.1) is 10.7 Å². The normalized spacial score (nSPS) is 17.9. The number of thiazole rings is 1. The number of nitrogens with zero attached hydrogens (tertiary/aromatic N) is 1. The summed E-state index contributed by atoms with van der Waals surface area (Å²) in [5, 5.41) is 5.01. The highest BCUT2D eigenvalue weighted by Crippen LogP contribution is 2.21. The van der Waals surface area contributed by atoms with E-state index in [1.807, 2.05) is 11.3 Å². The van der Waals surface area contributed by atoms with Gasteiger partial charge in [-0.25, -0.2) is 4.98 Å². The summed E-state index contributed by atoms with van der Waals surface area (Å²) in [6.07, 6.45) is 2.32. The molecule has 1 fully saturated rings. The van der Waals surface area contributed by atoms with Gasteiger partial charge in [-0.05, 0) is 19.8 Å². The maximum Gasteiger partial charge on any atom is 0.0931 e. The quantitative estimate of drug-likeness (QED) is 0.902. The first-order valence-corrected chi connectivity index (χ1v) is 9.76. The SMILES string of the molecule is CCCc1nc(C)c(CNC2CSCCSC2)s1. The third-order valence-corrected chi connectivity index (χ3v) is 6.70. The van der Waals surface area contributed by atoms with Crippen LogP contribution in [0.1, 0.15) is 28.9 Å². The van der Waals surface area contributed by atoms with Gasteiger partial charge in [-0.1, -0.05) is 6.92 Å². The zero-order valence-electron chi connectivity index (χ0n) is 11.2. The van der Waals surface area contributed by atoms with Crippen molar-refractivity contribution >= 4 is 34.9 Å². The van der Waals surface area contributed by atoms with Crippen molar-refractivity contribution in [2.75, 3.05) is 23.0 Å². The Morgan fingerprint density at radius 2 is 2.00 bits per heavy atom. The van der Waals surface area contributed by atoms with Crippen molar-refractivity contribution in [2.24, 2.45) is 0 Å². The van der Waals surface area contributed by atoms with Crippen LogP contribution in [0.4, 0.5) is 0 Å². The van der Waals surface area contributed by atoms with E-state index in [9.17, 15) is 0 Å². The van der Waals surface area contributed by atoms with E-state index >= 15 is 0 Å². The second-order valence-electron chi connectivity index (χ2n) is 4.59. The molecule has 1 aromatic heterocycles. The molecule has 0 atom stereocenters. The molecule has 0 bridgehead atoms. The highest BCUT2D eigenvalue weighted by atomic mass is 32.2. The molecule has 0 aliphatic carbocycles. The van der Waals surface area contributed by atoms with Crippen molar-refractivity contribution in [3.8, 4) is 0 Å². The van der Waals surface area contributed by atoms with Crippen molar-refractivity contribution in [3.05, 3.63) is 15.6 Å². The number of rotatable bonds is 5. The Hall–Kier alpha value is 0.290. The molecular formula is C13H22N2S3. The topological polar surface area (TPSA) is 24.9 Å². The molecule has 1 aliphatic heterocycles. The number of aryl methyl sites for hydroxylation is 2. The first-order chi connectivity index (χ1) is 8.79. The molecule has 1 aliphatic rings. The highest BCUT2D eigenvalue weighted by Gasteiger charge is 2.14. The van der Waals surface area contributed by atoms with E-state index in [1.165, 1.54) is 45.0 Å². The highest BCUT2D eigenvalue weighted by molar-refractivity contribution is 8.03. The van der Waals surface area contributed by atoms with E-state index in [1.54, 1.807) is 0 Å². The maximum absolute atomic E-state index is 4.65. The molecule has 0 saturated carbocycles. The van der Waals surface area contributed by atoms with Crippen LogP contribution in [-0.4, -0.2) is 34.0 Å². The Morgan fingerprint density at radius 1 is 1.28 bits per heavy atom. The monoisotopic (exact) mass is 302 g/mol. The first-order valence-electron chi connectivity index (χ1n) is 6.63. The van der Waals surface area contributed by atoms with E-state index in [-0.39, 0.29) is 0 Å². The first kappa shape index (κ1) is 14.7. The van der Waals surface area contributed by atoms with Gasteiger partial charge < -0.3 is 5.32 Å². The van der Waals surface area contributed by atoms with Gasteiger partial charge >= 0.3 is 0 Å². The van der Waals surface area contributed by atoms with E-state index in [0.717, 1.165) is 13.0 Å². The van der Waals surface area contributed by atoms with E-state index in [4.69, 9.17) is 0 Å². The lowest BCUT2D eigenvalue weighted by molar-refractivity contribution is 0.606. The molecule has 0 radical (unpaired) electrons. The maximum atomic E-state index is 4.65. The fourth-order valence-electron chi connectivity index (χ4n) is 1.95. The van der Waals surface area contributed by atoms with Gasteiger partial charge in [0, 0.05) is 40.5 Å². The van der Waals surface area contributed by atoms with Crippen LogP contribution in [-0.2, 0) is 13.0 Å². The average molecular weight is 303 g/mol. The minimum absolute atomic E-state index is 0.665. The van der Waals surface area contributed by atoms with Gasteiger partial charge in [0.1, 0.15) is 0 Å². The Kier molecular flexibility index (Phi) is 6.35. The lowest BCUT2D eigenvalue weighted by atomic mass is 10.3. The average Bonchev–Trinajstić information content (AvgIpc) is 2.56. The molecular weight excluding hydrogens is 280 g/mol. The summed E-state index contributed by atoms with van der Waals surface area (Å²) in [6.45, 7) is 5.36. The van der Waals surface area contributed by atoms with Crippen molar-refractivity contribution in [1.29, 1.82) is 0 Å². The zero-order chi connectivity index (χ0) is 12.8. The molecule has 2 nitrogen and oxygen atoms in total. The van der Waals surface area contributed by atoms with Crippen molar-refractivity contribution in [3.63, 3.8) is 0 Å². The van der Waals surface area contributed by atoms with Gasteiger partial charge in [0.15, 0.2) is 0 Å². The van der Waals surface area contributed by atoms with E-state index in [2.05, 4.69) is 47.7 Å². The van der Waals surface area contributed by atoms with E-state index in [0.29, 0.717) is 6.04 Å². The molecule has 5 heteroatoms. The molecule has 1 aromatic rings. The number of hydrogen-bond donors (Lipinski definition) is 1. The summed E-state index contributed by atoms with van der Waals surface area (Å²) in [5.74, 6) is 5.13. The summed E-state index contributed by atoms with van der Waals surface area (Å²) in [7, 11) is 0. The van der Waals surface area contributed by atoms with Crippen LogP contribution in [0.2, 0.25) is 0 Å². The fraction of sp³-hybridized carbons (Fsp3) is 0.769. The van der Waals surface area contributed by atoms with Crippen LogP contribution in [0, 0.1) is 6.92 Å². The van der Waals surface area contributed by atoms with E-state index < -0.39 is 0 Å². The molecule has 102 valence electrons. The van der Waals surface area contributed by atoms with Crippen molar-refractivity contribution < 1.29 is 0 Å². The molecule has 1 saturated heterocycles. The van der Waals surface area contributed by atoms with Crippen LogP contribution in [0.3, 0.4) is 0 Å². The summed E-state index contributed by atoms with van der Waals surface area (Å²) in [6, 6.07) is 0.665. The lowest BCUT2D eigenvalue weighted by Gasteiger charge is -2.14. The Bertz CT molecular complexity index is 357. The molecule has 18 heavy (non-hydrogen) atoms. The number of nitrogens with one attached hydrogen (secondary N) is 1. The molecule has 0 spiro atoms. The smallest absolute Gasteiger partial charge is 0.0931 e. The van der Waals surface area contributed by atoms with Gasteiger partial charge in [-0.15, -0.1) is 11.3 Å². The van der Waals surface area contributed by atoms with Crippen LogP contribution in [0.5, 0.6) is 0 Å². The molecule has 2 rings (SSSR count). The summed E-state index contributed by atoms with van der Waals surface area (Å²) in [4.78, 5) is 6.08. The Balaban J connectivity index is 1.84. The third kappa shape index (κ3) is 4.44. The Labute approximate surface area is 123 Å². The summed E-state index contributed by atoms with van der Waals surface area (Å²) >= 11 is 6.05. The van der Waals surface area contributed by atoms with Crippen LogP contribution < -0.4 is 5.32 Å². The molecule has 2 heterocycles. The van der Waals surface area contributed by atoms with Crippen molar-refractivity contribution in [1.82, 2.24) is 10.3 Å². The Morgan fingerprint density at radius 3 is 2.67 bits per heavy atom. The molecule has 0 aromatic carbocycles. The summed E-state index contributed by atoms with van der Waals surface area (Å²) < 4.78 is 0. The van der Waals surface area contributed by atoms with Crippen LogP contribution in [0.25, 0.3) is 0 Å². The second kappa shape index (κ2) is 7.78. The predicted molar refractivity (Wildman–Crippen MR) is 86.1 cm³/mol. The second-order valence-corrected chi connectivity index (χ2v) is 8.06. The van der Waals surface area contributed by atoms with Gasteiger partial charge in [0.25, 0.3) is 0 Å². The van der Waals surface area contributed by atoms with Crippen LogP contribution >= 0.6 is 34.9 Å². The molecule has 0 amide bonds. The van der Waals surface area contributed by atoms with Gasteiger partial charge in [-0.3, -0.25) is 0 Å². The standard InChI is InChI=1S/C13H22N2S3/c1-3-4-13-15-10(2)12(18-13)7-14-11-8-16-5-6-17-9-11/h11,14H,3-9H2,1-2H3. The van der Waals surface area contributed by atoms with Gasteiger partial charge in [-0.2, -0.15) is 23.5 Å². The third-order valence-electron chi connectivity index (χ3n) is 2.96. The minimum atomic E-state index is 0.665. The lowest BCUT2D eigenvalue weighted by Crippen LogP contribution is -2.32. The number of aromatic nitrogens is 1. The van der Waals surface area contributed by atoms with Gasteiger partial charge in [0.2, 0.25) is 0 Å². The summed E-state index contributed by atoms with van der Waals surface area (Å²) in [5.41, 5.74) is 1.23. The van der Waals surface area contributed by atoms with Crippen LogP contribution in [0.15, 0.2) is 0 Å². The largest absolute Gasteiger partial charge is 0.307 e.